The lowest BCUT2D eigenvalue weighted by Crippen LogP contribution is -2.41. The van der Waals surface area contributed by atoms with Gasteiger partial charge in [-0.05, 0) is 0 Å². The summed E-state index contributed by atoms with van der Waals surface area (Å²) in [5.41, 5.74) is 9.96. The number of hydrogen-bond acceptors (Lipinski definition) is 4. The molecule has 0 saturated heterocycles. The highest BCUT2D eigenvalue weighted by molar-refractivity contribution is 5.85. The molecule has 2 amide bonds. The minimum absolute atomic E-state index is 0.0668. The molecule has 0 aromatic carbocycles. The molecule has 0 rings (SSSR count). The monoisotopic (exact) mass is 160 g/mol. The summed E-state index contributed by atoms with van der Waals surface area (Å²) in [6.07, 6.45) is 0. The highest BCUT2D eigenvalue weighted by Gasteiger charge is 2.00. The van der Waals surface area contributed by atoms with Crippen LogP contribution in [0.3, 0.4) is 0 Å². The van der Waals surface area contributed by atoms with E-state index >= 15 is 0 Å². The Hall–Kier alpha value is -1.14. The van der Waals surface area contributed by atoms with Gasteiger partial charge >= 0.3 is 0 Å². The molecule has 0 aliphatic rings. The van der Waals surface area contributed by atoms with Crippen LogP contribution in [0.5, 0.6) is 0 Å². The second-order valence-electron chi connectivity index (χ2n) is 1.78. The van der Waals surface area contributed by atoms with Crippen molar-refractivity contribution in [2.75, 3.05) is 19.8 Å². The van der Waals surface area contributed by atoms with Gasteiger partial charge in [0, 0.05) is 0 Å². The molecular weight excluding hydrogens is 148 g/mol. The van der Waals surface area contributed by atoms with E-state index in [1.54, 1.807) is 0 Å². The van der Waals surface area contributed by atoms with Crippen LogP contribution in [0.1, 0.15) is 0 Å². The van der Waals surface area contributed by atoms with E-state index in [-0.39, 0.29) is 31.6 Å². The quantitative estimate of drug-likeness (QED) is 0.330. The summed E-state index contributed by atoms with van der Waals surface area (Å²) < 4.78 is 0. The maximum atomic E-state index is 10.6. The van der Waals surface area contributed by atoms with Gasteiger partial charge in [0.15, 0.2) is 0 Å². The molecule has 0 aliphatic carbocycles. The molecule has 0 aromatic heterocycles. The van der Waals surface area contributed by atoms with Crippen molar-refractivity contribution in [2.24, 2.45) is 11.5 Å². The molecule has 0 radical (unpaired) electrons. The van der Waals surface area contributed by atoms with Crippen LogP contribution in [-0.4, -0.2) is 31.6 Å². The summed E-state index contributed by atoms with van der Waals surface area (Å²) in [5.74, 6) is -0.688. The number of carbonyl (C=O) groups excluding carboxylic acids is 2. The predicted molar refractivity (Wildman–Crippen MR) is 39.3 cm³/mol. The summed E-state index contributed by atoms with van der Waals surface area (Å²) in [4.78, 5) is 21.1. The van der Waals surface area contributed by atoms with Crippen molar-refractivity contribution in [3.05, 3.63) is 0 Å². The van der Waals surface area contributed by atoms with Gasteiger partial charge < -0.3 is 22.1 Å². The van der Waals surface area contributed by atoms with Crippen LogP contribution in [0.15, 0.2) is 0 Å². The Kier molecular flexibility index (Phi) is 5.05. The number of rotatable bonds is 4. The molecule has 0 spiro atoms. The Bertz CT molecular complexity index is 147. The zero-order chi connectivity index (χ0) is 8.69. The molecule has 0 aliphatic heterocycles. The van der Waals surface area contributed by atoms with E-state index in [1.165, 1.54) is 0 Å². The maximum absolute atomic E-state index is 10.6. The minimum atomic E-state index is -0.364. The van der Waals surface area contributed by atoms with Crippen LogP contribution in [0.4, 0.5) is 0 Å². The van der Waals surface area contributed by atoms with Crippen LogP contribution in [0, 0.1) is 0 Å². The molecular formula is C5H12N4O2. The Morgan fingerprint density at radius 3 is 2.18 bits per heavy atom. The number of nitrogens with two attached hydrogens (primary N) is 2. The van der Waals surface area contributed by atoms with Crippen molar-refractivity contribution < 1.29 is 9.59 Å². The minimum Gasteiger partial charge on any atom is -0.346 e. The van der Waals surface area contributed by atoms with Crippen molar-refractivity contribution in [3.63, 3.8) is 0 Å². The maximum Gasteiger partial charge on any atom is 0.240 e. The third kappa shape index (κ3) is 5.31. The lowest BCUT2D eigenvalue weighted by Gasteiger charge is -2.02. The topological polar surface area (TPSA) is 110 Å². The van der Waals surface area contributed by atoms with E-state index in [4.69, 9.17) is 11.5 Å². The molecule has 0 saturated carbocycles. The van der Waals surface area contributed by atoms with Gasteiger partial charge in [-0.1, -0.05) is 0 Å². The third-order valence-electron chi connectivity index (χ3n) is 0.931. The third-order valence-corrected chi connectivity index (χ3v) is 0.931. The molecule has 0 bridgehead atoms. The lowest BCUT2D eigenvalue weighted by atomic mass is 10.5. The van der Waals surface area contributed by atoms with Gasteiger partial charge in [0.05, 0.1) is 19.8 Å². The largest absolute Gasteiger partial charge is 0.346 e. The van der Waals surface area contributed by atoms with Crippen molar-refractivity contribution in [1.82, 2.24) is 10.6 Å². The fraction of sp³-hybridized carbons (Fsp3) is 0.600. The van der Waals surface area contributed by atoms with Crippen LogP contribution in [0.25, 0.3) is 0 Å². The molecule has 6 heteroatoms. The second kappa shape index (κ2) is 5.63. The van der Waals surface area contributed by atoms with Gasteiger partial charge in [0.1, 0.15) is 0 Å². The highest BCUT2D eigenvalue weighted by atomic mass is 16.2. The number of carbonyl (C=O) groups is 2. The van der Waals surface area contributed by atoms with Crippen molar-refractivity contribution >= 4 is 11.8 Å². The smallest absolute Gasteiger partial charge is 0.240 e. The number of nitrogens with one attached hydrogen (secondary N) is 2. The first kappa shape index (κ1) is 9.86. The second-order valence-corrected chi connectivity index (χ2v) is 1.78. The first-order valence-corrected chi connectivity index (χ1v) is 3.14. The molecule has 64 valence electrons. The molecule has 11 heavy (non-hydrogen) atoms. The van der Waals surface area contributed by atoms with E-state index in [0.29, 0.717) is 0 Å². The van der Waals surface area contributed by atoms with Crippen molar-refractivity contribution in [1.29, 1.82) is 0 Å². The average molecular weight is 160 g/mol. The van der Waals surface area contributed by atoms with Gasteiger partial charge in [0.25, 0.3) is 0 Å². The first-order valence-electron chi connectivity index (χ1n) is 3.14. The molecule has 0 atom stereocenters. The summed E-state index contributed by atoms with van der Waals surface area (Å²) in [6.45, 7) is -0.125. The molecule has 0 aromatic rings. The molecule has 6 N–H and O–H groups in total. The zero-order valence-corrected chi connectivity index (χ0v) is 6.09. The standard InChI is InChI=1S/C5H12N4O2/c6-1-4(10)8-2-5(11)9-3-7/h1-3,6-7H2,(H,8,10)(H,9,11). The Balaban J connectivity index is 3.38. The Morgan fingerprint density at radius 1 is 1.09 bits per heavy atom. The van der Waals surface area contributed by atoms with E-state index < -0.39 is 0 Å². The van der Waals surface area contributed by atoms with E-state index in [2.05, 4.69) is 10.6 Å². The van der Waals surface area contributed by atoms with Crippen molar-refractivity contribution in [3.8, 4) is 0 Å². The van der Waals surface area contributed by atoms with Crippen LogP contribution in [-0.2, 0) is 9.59 Å². The molecule has 0 heterocycles. The van der Waals surface area contributed by atoms with Gasteiger partial charge in [-0.2, -0.15) is 0 Å². The summed E-state index contributed by atoms with van der Waals surface area (Å²) in [6, 6.07) is 0. The predicted octanol–water partition coefficient (Wildman–Crippen LogP) is -2.91. The average Bonchev–Trinajstić information content (AvgIpc) is 2.01. The van der Waals surface area contributed by atoms with Gasteiger partial charge in [-0.25, -0.2) is 0 Å². The SMILES string of the molecule is NCNC(=O)CNC(=O)CN. The van der Waals surface area contributed by atoms with E-state index in [0.717, 1.165) is 0 Å². The Labute approximate surface area is 64.3 Å². The highest BCUT2D eigenvalue weighted by Crippen LogP contribution is 1.62. The Morgan fingerprint density at radius 2 is 1.73 bits per heavy atom. The zero-order valence-electron chi connectivity index (χ0n) is 6.09. The van der Waals surface area contributed by atoms with Crippen molar-refractivity contribution in [2.45, 2.75) is 0 Å². The molecule has 0 fully saturated rings. The lowest BCUT2D eigenvalue weighted by molar-refractivity contribution is -0.125. The normalized spacial score (nSPS) is 8.91. The molecule has 0 unspecified atom stereocenters. The van der Waals surface area contributed by atoms with Crippen LogP contribution >= 0.6 is 0 Å². The summed E-state index contributed by atoms with van der Waals surface area (Å²) in [5, 5.41) is 4.59. The number of hydrogen-bond donors (Lipinski definition) is 4. The summed E-state index contributed by atoms with van der Waals surface area (Å²) in [7, 11) is 0. The number of amides is 2. The van der Waals surface area contributed by atoms with E-state index in [9.17, 15) is 9.59 Å². The van der Waals surface area contributed by atoms with E-state index in [1.807, 2.05) is 0 Å². The first-order chi connectivity index (χ1) is 5.20. The van der Waals surface area contributed by atoms with Crippen LogP contribution < -0.4 is 22.1 Å². The van der Waals surface area contributed by atoms with Gasteiger partial charge in [-0.15, -0.1) is 0 Å². The van der Waals surface area contributed by atoms with Gasteiger partial charge in [-0.3, -0.25) is 9.59 Å². The fourth-order valence-corrected chi connectivity index (χ4v) is 0.427. The summed E-state index contributed by atoms with van der Waals surface area (Å²) >= 11 is 0. The fourth-order valence-electron chi connectivity index (χ4n) is 0.427. The van der Waals surface area contributed by atoms with Crippen LogP contribution in [0.2, 0.25) is 0 Å². The molecule has 6 nitrogen and oxygen atoms in total. The van der Waals surface area contributed by atoms with Gasteiger partial charge in [0.2, 0.25) is 11.8 Å².